The third-order valence-electron chi connectivity index (χ3n) is 23.5. The summed E-state index contributed by atoms with van der Waals surface area (Å²) in [6, 6.07) is 2.82. The van der Waals surface area contributed by atoms with E-state index >= 15 is 4.79 Å². The van der Waals surface area contributed by atoms with Crippen molar-refractivity contribution in [3.63, 3.8) is 0 Å². The van der Waals surface area contributed by atoms with E-state index in [1.165, 1.54) is 6.08 Å². The van der Waals surface area contributed by atoms with Gasteiger partial charge in [-0.05, 0) is 126 Å². The fourth-order valence-electron chi connectivity index (χ4n) is 15.9. The summed E-state index contributed by atoms with van der Waals surface area (Å²) in [7, 11) is -1.84. The number of methoxy groups -OCH3 is 1. The molecule has 0 aromatic rings. The Labute approximate surface area is 655 Å². The zero-order chi connectivity index (χ0) is 79.4. The van der Waals surface area contributed by atoms with Gasteiger partial charge in [0.15, 0.2) is 49.1 Å². The van der Waals surface area contributed by atoms with E-state index in [1.54, 1.807) is 13.2 Å². The number of aliphatic hydroxyl groups is 1. The summed E-state index contributed by atoms with van der Waals surface area (Å²) in [5.74, 6) is -2.75. The molecule has 610 valence electrons. The summed E-state index contributed by atoms with van der Waals surface area (Å²) in [5.41, 5.74) is 0.660. The van der Waals surface area contributed by atoms with Crippen LogP contribution in [0.5, 0.6) is 0 Å². The minimum absolute atomic E-state index is 0.00409. The van der Waals surface area contributed by atoms with Crippen LogP contribution in [0.25, 0.3) is 0 Å². The van der Waals surface area contributed by atoms with E-state index in [0.29, 0.717) is 31.2 Å². The number of ether oxygens (including phenoxy) is 11. The fourth-order valence-corrected chi connectivity index (χ4v) is 29.0. The molecule has 0 spiro atoms. The van der Waals surface area contributed by atoms with Gasteiger partial charge in [-0.25, -0.2) is 4.79 Å². The molecule has 0 aromatic heterocycles. The molecule has 2 N–H and O–H groups in total. The largest absolute Gasteiger partial charge is 0.462 e. The smallest absolute Gasteiger partial charge is 0.407 e. The van der Waals surface area contributed by atoms with E-state index in [2.05, 4.69) is 166 Å². The van der Waals surface area contributed by atoms with Crippen LogP contribution in [0.15, 0.2) is 110 Å². The zero-order valence-corrected chi connectivity index (χ0v) is 75.8. The van der Waals surface area contributed by atoms with Crippen LogP contribution in [0, 0.1) is 23.7 Å². The van der Waals surface area contributed by atoms with Crippen molar-refractivity contribution >= 4 is 76.1 Å². The molecule has 4 saturated heterocycles. The highest BCUT2D eigenvalue weighted by atomic mass is 32.0. The minimum atomic E-state index is -2.68. The van der Waals surface area contributed by atoms with Crippen LogP contribution in [0.2, 0.25) is 52.9 Å². The van der Waals surface area contributed by atoms with Crippen molar-refractivity contribution in [2.75, 3.05) is 33.7 Å². The number of cyclic esters (lactones) is 1. The molecule has 0 radical (unpaired) electrons. The van der Waals surface area contributed by atoms with Crippen LogP contribution >= 0.6 is 33.1 Å². The number of hydrogen-bond acceptors (Lipinski definition) is 18. The maximum absolute atomic E-state index is 15.4. The van der Waals surface area contributed by atoms with Gasteiger partial charge in [0.2, 0.25) is 0 Å². The second kappa shape index (κ2) is 47.0. The lowest BCUT2D eigenvalue weighted by Crippen LogP contribution is -2.67. The molecule has 5 rings (SSSR count). The summed E-state index contributed by atoms with van der Waals surface area (Å²) in [6.45, 7) is 48.7. The average molecular weight is 1630 g/mol. The zero-order valence-electron chi connectivity index (χ0n) is 68.7. The molecule has 19 nitrogen and oxygen atoms in total. The summed E-state index contributed by atoms with van der Waals surface area (Å²) < 4.78 is 96.9. The monoisotopic (exact) mass is 1620 g/mol. The summed E-state index contributed by atoms with van der Waals surface area (Å²) >= 11 is 0. The molecule has 1 amide bonds. The lowest BCUT2D eigenvalue weighted by Gasteiger charge is -2.52. The normalized spacial score (nSPS) is 35.8. The molecular formula is C81H141NO18P4Si3. The predicted molar refractivity (Wildman–Crippen MR) is 449 cm³/mol. The highest BCUT2D eigenvalue weighted by molar-refractivity contribution is 8.13. The molecule has 5 aliphatic rings. The van der Waals surface area contributed by atoms with Crippen LogP contribution in [0.3, 0.4) is 0 Å². The van der Waals surface area contributed by atoms with Gasteiger partial charge in [0.1, 0.15) is 31.3 Å². The van der Waals surface area contributed by atoms with E-state index in [1.807, 2.05) is 86.8 Å². The number of nitrogens with one attached hydrogen (secondary N) is 1. The molecule has 6 bridgehead atoms. The number of fused-ring (bicyclic) bond motifs is 6. The first-order chi connectivity index (χ1) is 50.8. The van der Waals surface area contributed by atoms with Gasteiger partial charge in [0.05, 0.1) is 73.5 Å². The topological polar surface area (TPSA) is 213 Å². The van der Waals surface area contributed by atoms with Crippen molar-refractivity contribution in [3.05, 3.63) is 110 Å². The van der Waals surface area contributed by atoms with E-state index in [4.69, 9.17) is 65.4 Å². The van der Waals surface area contributed by atoms with Crippen molar-refractivity contribution in [1.82, 2.24) is 5.32 Å². The Hall–Kier alpha value is -2.24. The molecule has 26 heteroatoms. The van der Waals surface area contributed by atoms with Gasteiger partial charge in [0, 0.05) is 39.2 Å². The Kier molecular flexibility index (Phi) is 41.8. The van der Waals surface area contributed by atoms with E-state index in [9.17, 15) is 14.7 Å². The Morgan fingerprint density at radius 3 is 1.64 bits per heavy atom. The Bertz CT molecular complexity index is 2910. The molecule has 5 heterocycles. The van der Waals surface area contributed by atoms with Gasteiger partial charge >= 0.3 is 18.0 Å². The van der Waals surface area contributed by atoms with Gasteiger partial charge in [0.25, 0.3) is 0 Å². The minimum Gasteiger partial charge on any atom is -0.462 e. The first-order valence-corrected chi connectivity index (χ1v) is 54.0. The number of esters is 2. The van der Waals surface area contributed by atoms with Crippen molar-refractivity contribution in [3.8, 4) is 0 Å². The molecule has 0 aliphatic carbocycles. The molecule has 107 heavy (non-hydrogen) atoms. The third kappa shape index (κ3) is 27.8. The fraction of sp³-hybridized carbons (Fsp3) is 0.741. The lowest BCUT2D eigenvalue weighted by atomic mass is 9.82. The second-order valence-electron chi connectivity index (χ2n) is 31.1. The number of hydrogen-bond donors (Lipinski definition) is 2. The van der Waals surface area contributed by atoms with Gasteiger partial charge in [-0.15, -0.1) is 17.9 Å². The highest BCUT2D eigenvalue weighted by Crippen LogP contribution is 2.54. The first-order valence-electron chi connectivity index (χ1n) is 39.8. The maximum atomic E-state index is 15.4. The third-order valence-corrected chi connectivity index (χ3v) is 42.5. The number of carbonyl (C=O) groups is 3. The molecule has 6 unspecified atom stereocenters. The van der Waals surface area contributed by atoms with Crippen molar-refractivity contribution < 1.29 is 84.9 Å². The number of allylic oxidation sites excluding steroid dienone is 13. The second-order valence-corrected chi connectivity index (χ2v) is 54.3. The molecule has 4 fully saturated rings. The van der Waals surface area contributed by atoms with Gasteiger partial charge in [-0.1, -0.05) is 214 Å². The number of amides is 1. The molecular weight excluding hydrogens is 1480 g/mol. The highest BCUT2D eigenvalue weighted by Gasteiger charge is 2.57. The average Bonchev–Trinajstić information content (AvgIpc) is 0.765. The SMILES string of the molecule is C=CCOC(=O)N[C@@H]1[C@@H](O)[C@H](O[C@H]2/C=C/C=C/C=C/C=C/C=C/C=C/C=C/[C@H](C)[C@@H](C)[C@@H](C)[C@H](C)OC(=O)C[C@H]3C[C@@H](CC[C@@H](O[Si](CC)(CC)C(C)C)[C@H]4C[C@@H](C[C@]5(OC)C[C@H](O[Si](CC)(CC)C(C)C)[C@@H](C(=O)OCC=C)[C@H](C2)O5)OC(P(C)P)O4)OC(P(C)P)O3)O[C@H](C)[C@H]1O[Si](CC)(CC)C(C)C. The van der Waals surface area contributed by atoms with Crippen LogP contribution < -0.4 is 5.32 Å². The van der Waals surface area contributed by atoms with Crippen LogP contribution in [0.4, 0.5) is 4.79 Å². The Morgan fingerprint density at radius 1 is 0.617 bits per heavy atom. The summed E-state index contributed by atoms with van der Waals surface area (Å²) in [4.78, 5) is 43.1. The standard InChI is InChI=1S/C81H141NO18P4Si3/c1-23-47-88-76(85)72-69-50-63(92-77-74(84)73(82-78(86)89-48-24-2)75(62(19)91-77)100-107(29-7,30-8)57(13)14)44-42-40-38-36-34-32-31-33-35-37-39-41-43-58(15)59(16)60(17)61(18)90-71(83)52-65-49-64(93-79(94-65)103(21)101)45-46-67(98-105(25-3,26-4)55(9)10)68-51-66(95-80(96-68)104(22)102)53-81(87-20,97-69)54-70(72)99-106(27-5,28-6)56(11)12/h23-24,31-44,55-70,72-75,77,79-80,84H,1-2,25-30,45-54,101-102H2,3-22H3,(H,82,86)/b32-31+,35-33+,36-34+,39-37+,40-38+,43-41+,44-42+/t58-,59+,60+,61-,62+,63-,64+,65+,66-,67+,68+,69-,70-,72-,73+,74+,75+,77-,79?,80?,81+,103?,104?/m0/s1. The summed E-state index contributed by atoms with van der Waals surface area (Å²) in [6.07, 6.45) is 22.9. The first kappa shape index (κ1) is 95.3. The van der Waals surface area contributed by atoms with Crippen molar-refractivity contribution in [1.29, 1.82) is 0 Å². The molecule has 0 aromatic carbocycles. The van der Waals surface area contributed by atoms with Crippen LogP contribution in [0.1, 0.15) is 169 Å². The lowest BCUT2D eigenvalue weighted by molar-refractivity contribution is -0.325. The molecule has 25 atom stereocenters. The number of alkyl carbamates (subject to hydrolysis) is 1. The van der Waals surface area contributed by atoms with Crippen LogP contribution in [-0.2, 0) is 75.0 Å². The quantitative estimate of drug-likeness (QED) is 0.0271. The van der Waals surface area contributed by atoms with E-state index in [-0.39, 0.29) is 92.0 Å². The summed E-state index contributed by atoms with van der Waals surface area (Å²) in [5, 5.41) is 15.8. The molecule has 0 saturated carbocycles. The van der Waals surface area contributed by atoms with Gasteiger partial charge in [-0.2, -0.15) is 0 Å². The molecule has 5 aliphatic heterocycles. The van der Waals surface area contributed by atoms with E-state index in [0.717, 1.165) is 36.3 Å². The maximum Gasteiger partial charge on any atom is 0.407 e. The number of aliphatic hydroxyl groups excluding tert-OH is 1. The van der Waals surface area contributed by atoms with Crippen molar-refractivity contribution in [2.24, 2.45) is 23.7 Å². The van der Waals surface area contributed by atoms with Crippen LogP contribution in [-0.4, -0.2) is 185 Å². The Balaban J connectivity index is 1.74. The van der Waals surface area contributed by atoms with Gasteiger partial charge < -0.3 is 75.8 Å². The van der Waals surface area contributed by atoms with Crippen molar-refractivity contribution in [2.45, 2.75) is 325 Å². The predicted octanol–water partition coefficient (Wildman–Crippen LogP) is 19.0. The van der Waals surface area contributed by atoms with Gasteiger partial charge in [-0.3, -0.25) is 9.59 Å². The number of rotatable bonds is 26. The number of carbonyl (C=O) groups excluding carboxylic acids is 3. The Morgan fingerprint density at radius 2 is 1.11 bits per heavy atom. The van der Waals surface area contributed by atoms with E-state index < -0.39 is 143 Å².